The van der Waals surface area contributed by atoms with Crippen LogP contribution in [0.1, 0.15) is 58.8 Å². The summed E-state index contributed by atoms with van der Waals surface area (Å²) >= 11 is 0. The van der Waals surface area contributed by atoms with Gasteiger partial charge >= 0.3 is 0 Å². The predicted molar refractivity (Wildman–Crippen MR) is 59.2 cm³/mol. The lowest BCUT2D eigenvalue weighted by atomic mass is 9.97. The Morgan fingerprint density at radius 2 is 2.14 bits per heavy atom. The van der Waals surface area contributed by atoms with Gasteiger partial charge in [-0.05, 0) is 25.7 Å². The SMILES string of the molecule is CCCCN1C(=O)CCCC1CCC. The van der Waals surface area contributed by atoms with Crippen molar-refractivity contribution in [3.8, 4) is 0 Å². The van der Waals surface area contributed by atoms with Gasteiger partial charge in [0.05, 0.1) is 0 Å². The third-order valence-electron chi connectivity index (χ3n) is 3.06. The third-order valence-corrected chi connectivity index (χ3v) is 3.06. The highest BCUT2D eigenvalue weighted by Gasteiger charge is 2.26. The fraction of sp³-hybridized carbons (Fsp3) is 0.917. The zero-order valence-electron chi connectivity index (χ0n) is 9.59. The van der Waals surface area contributed by atoms with Crippen molar-refractivity contribution in [2.45, 2.75) is 64.8 Å². The van der Waals surface area contributed by atoms with Crippen molar-refractivity contribution in [1.82, 2.24) is 4.90 Å². The van der Waals surface area contributed by atoms with E-state index < -0.39 is 0 Å². The van der Waals surface area contributed by atoms with Gasteiger partial charge in [0.25, 0.3) is 0 Å². The van der Waals surface area contributed by atoms with Gasteiger partial charge in [0, 0.05) is 19.0 Å². The summed E-state index contributed by atoms with van der Waals surface area (Å²) in [6, 6.07) is 0.549. The van der Waals surface area contributed by atoms with Crippen molar-refractivity contribution < 1.29 is 4.79 Å². The van der Waals surface area contributed by atoms with Crippen molar-refractivity contribution in [3.63, 3.8) is 0 Å². The summed E-state index contributed by atoms with van der Waals surface area (Å²) in [7, 11) is 0. The maximum Gasteiger partial charge on any atom is 0.222 e. The van der Waals surface area contributed by atoms with E-state index in [2.05, 4.69) is 18.7 Å². The van der Waals surface area contributed by atoms with Crippen LogP contribution in [0.5, 0.6) is 0 Å². The van der Waals surface area contributed by atoms with Crippen molar-refractivity contribution >= 4 is 5.91 Å². The van der Waals surface area contributed by atoms with E-state index in [9.17, 15) is 4.79 Å². The van der Waals surface area contributed by atoms with Crippen LogP contribution < -0.4 is 0 Å². The number of unbranched alkanes of at least 4 members (excludes halogenated alkanes) is 1. The van der Waals surface area contributed by atoms with Crippen LogP contribution in [-0.2, 0) is 4.79 Å². The number of likely N-dealkylation sites (tertiary alicyclic amines) is 1. The Morgan fingerprint density at radius 1 is 1.36 bits per heavy atom. The first-order valence-electron chi connectivity index (χ1n) is 6.09. The first kappa shape index (κ1) is 11.5. The lowest BCUT2D eigenvalue weighted by Gasteiger charge is -2.35. The summed E-state index contributed by atoms with van der Waals surface area (Å²) in [6.45, 7) is 5.38. The van der Waals surface area contributed by atoms with Crippen molar-refractivity contribution in [2.75, 3.05) is 6.54 Å². The second-order valence-electron chi connectivity index (χ2n) is 4.28. The van der Waals surface area contributed by atoms with Crippen molar-refractivity contribution in [1.29, 1.82) is 0 Å². The summed E-state index contributed by atoms with van der Waals surface area (Å²) in [6.07, 6.45) is 7.84. The minimum atomic E-state index is 0.392. The minimum Gasteiger partial charge on any atom is -0.340 e. The Kier molecular flexibility index (Phi) is 4.99. The molecule has 1 aliphatic heterocycles. The van der Waals surface area contributed by atoms with Gasteiger partial charge < -0.3 is 4.90 Å². The molecule has 1 fully saturated rings. The lowest BCUT2D eigenvalue weighted by Crippen LogP contribution is -2.43. The molecule has 1 atom stereocenters. The zero-order chi connectivity index (χ0) is 10.4. The van der Waals surface area contributed by atoms with Gasteiger partial charge in [-0.15, -0.1) is 0 Å². The Balaban J connectivity index is 2.47. The zero-order valence-corrected chi connectivity index (χ0v) is 9.59. The predicted octanol–water partition coefficient (Wildman–Crippen LogP) is 2.97. The monoisotopic (exact) mass is 197 g/mol. The highest BCUT2D eigenvalue weighted by atomic mass is 16.2. The van der Waals surface area contributed by atoms with Gasteiger partial charge in [-0.1, -0.05) is 26.7 Å². The van der Waals surface area contributed by atoms with E-state index in [1.54, 1.807) is 0 Å². The van der Waals surface area contributed by atoms with Crippen LogP contribution in [0.25, 0.3) is 0 Å². The molecule has 1 saturated heterocycles. The molecular formula is C12H23NO. The van der Waals surface area contributed by atoms with E-state index in [0.717, 1.165) is 25.8 Å². The molecule has 1 unspecified atom stereocenters. The van der Waals surface area contributed by atoms with Crippen LogP contribution in [0.3, 0.4) is 0 Å². The van der Waals surface area contributed by atoms with E-state index in [1.165, 1.54) is 25.7 Å². The van der Waals surface area contributed by atoms with Gasteiger partial charge in [-0.25, -0.2) is 0 Å². The first-order chi connectivity index (χ1) is 6.79. The first-order valence-corrected chi connectivity index (χ1v) is 6.09. The van der Waals surface area contributed by atoms with E-state index in [-0.39, 0.29) is 0 Å². The number of piperidine rings is 1. The lowest BCUT2D eigenvalue weighted by molar-refractivity contribution is -0.136. The largest absolute Gasteiger partial charge is 0.340 e. The third kappa shape index (κ3) is 3.00. The molecule has 0 aromatic rings. The van der Waals surface area contributed by atoms with Crippen LogP contribution >= 0.6 is 0 Å². The highest BCUT2D eigenvalue weighted by molar-refractivity contribution is 5.77. The molecule has 0 bridgehead atoms. The molecule has 0 aliphatic carbocycles. The van der Waals surface area contributed by atoms with Crippen LogP contribution in [0.15, 0.2) is 0 Å². The number of nitrogens with zero attached hydrogens (tertiary/aromatic N) is 1. The number of hydrogen-bond donors (Lipinski definition) is 0. The van der Waals surface area contributed by atoms with Crippen molar-refractivity contribution in [3.05, 3.63) is 0 Å². The maximum atomic E-state index is 11.7. The average molecular weight is 197 g/mol. The molecule has 0 N–H and O–H groups in total. The van der Waals surface area contributed by atoms with E-state index in [4.69, 9.17) is 0 Å². The molecule has 14 heavy (non-hydrogen) atoms. The van der Waals surface area contributed by atoms with Gasteiger partial charge in [-0.2, -0.15) is 0 Å². The normalized spacial score (nSPS) is 22.9. The van der Waals surface area contributed by atoms with Crippen LogP contribution in [-0.4, -0.2) is 23.4 Å². The van der Waals surface area contributed by atoms with E-state index in [1.807, 2.05) is 0 Å². The Morgan fingerprint density at radius 3 is 2.79 bits per heavy atom. The fourth-order valence-electron chi connectivity index (χ4n) is 2.26. The van der Waals surface area contributed by atoms with Crippen LogP contribution in [0.4, 0.5) is 0 Å². The summed E-state index contributed by atoms with van der Waals surface area (Å²) < 4.78 is 0. The number of carbonyl (C=O) groups excluding carboxylic acids is 1. The Bertz CT molecular complexity index is 177. The van der Waals surface area contributed by atoms with Gasteiger partial charge in [-0.3, -0.25) is 4.79 Å². The van der Waals surface area contributed by atoms with Gasteiger partial charge in [0.1, 0.15) is 0 Å². The van der Waals surface area contributed by atoms with Gasteiger partial charge in [0.2, 0.25) is 5.91 Å². The number of amides is 1. The molecule has 1 rings (SSSR count). The number of carbonyl (C=O) groups is 1. The topological polar surface area (TPSA) is 20.3 Å². The number of hydrogen-bond acceptors (Lipinski definition) is 1. The number of rotatable bonds is 5. The second kappa shape index (κ2) is 6.05. The minimum absolute atomic E-state index is 0.392. The average Bonchev–Trinajstić information content (AvgIpc) is 2.18. The van der Waals surface area contributed by atoms with E-state index in [0.29, 0.717) is 11.9 Å². The molecule has 1 aliphatic rings. The summed E-state index contributed by atoms with van der Waals surface area (Å²) in [4.78, 5) is 13.8. The molecule has 2 nitrogen and oxygen atoms in total. The Hall–Kier alpha value is -0.530. The molecule has 0 aromatic carbocycles. The molecule has 1 amide bonds. The fourth-order valence-corrected chi connectivity index (χ4v) is 2.26. The second-order valence-corrected chi connectivity index (χ2v) is 4.28. The maximum absolute atomic E-state index is 11.7. The molecular weight excluding hydrogens is 174 g/mol. The van der Waals surface area contributed by atoms with Gasteiger partial charge in [0.15, 0.2) is 0 Å². The molecule has 2 heteroatoms. The van der Waals surface area contributed by atoms with Crippen LogP contribution in [0.2, 0.25) is 0 Å². The standard InChI is InChI=1S/C12H23NO/c1-3-5-10-13-11(7-4-2)8-6-9-12(13)14/h11H,3-10H2,1-2H3. The van der Waals surface area contributed by atoms with Crippen LogP contribution in [0, 0.1) is 0 Å². The summed E-state index contributed by atoms with van der Waals surface area (Å²) in [5.74, 6) is 0.392. The molecule has 0 spiro atoms. The van der Waals surface area contributed by atoms with E-state index >= 15 is 0 Å². The summed E-state index contributed by atoms with van der Waals surface area (Å²) in [5.41, 5.74) is 0. The molecule has 1 heterocycles. The molecule has 0 saturated carbocycles. The molecule has 82 valence electrons. The Labute approximate surface area is 87.7 Å². The highest BCUT2D eigenvalue weighted by Crippen LogP contribution is 2.22. The smallest absolute Gasteiger partial charge is 0.222 e. The van der Waals surface area contributed by atoms with Crippen molar-refractivity contribution in [2.24, 2.45) is 0 Å². The summed E-state index contributed by atoms with van der Waals surface area (Å²) in [5, 5.41) is 0. The molecule has 0 radical (unpaired) electrons. The quantitative estimate of drug-likeness (QED) is 0.663. The molecule has 0 aromatic heterocycles.